The van der Waals surface area contributed by atoms with E-state index in [9.17, 15) is 14.0 Å². The quantitative estimate of drug-likeness (QED) is 0.568. The fraction of sp³-hybridized carbons (Fsp3) is 0.174. The normalized spacial score (nSPS) is 12.9. The molecule has 4 rings (SSSR count). The van der Waals surface area contributed by atoms with E-state index in [0.29, 0.717) is 11.3 Å². The van der Waals surface area contributed by atoms with Gasteiger partial charge in [0.1, 0.15) is 11.6 Å². The second-order valence-electron chi connectivity index (χ2n) is 7.24. The molecule has 1 aliphatic carbocycles. The van der Waals surface area contributed by atoms with Crippen molar-refractivity contribution in [2.45, 2.75) is 25.8 Å². The summed E-state index contributed by atoms with van der Waals surface area (Å²) in [7, 11) is 0. The van der Waals surface area contributed by atoms with E-state index in [2.05, 4.69) is 20.9 Å². The highest BCUT2D eigenvalue weighted by atomic mass is 19.1. The molecule has 30 heavy (non-hydrogen) atoms. The predicted octanol–water partition coefficient (Wildman–Crippen LogP) is 4.42. The summed E-state index contributed by atoms with van der Waals surface area (Å²) in [5, 5.41) is 8.64. The number of halogens is 1. The van der Waals surface area contributed by atoms with Gasteiger partial charge in [0.05, 0.1) is 11.3 Å². The number of hydrogen-bond donors (Lipinski definition) is 3. The number of benzene rings is 2. The molecule has 2 aromatic carbocycles. The van der Waals surface area contributed by atoms with Crippen LogP contribution < -0.4 is 16.0 Å². The van der Waals surface area contributed by atoms with E-state index in [4.69, 9.17) is 0 Å². The van der Waals surface area contributed by atoms with Gasteiger partial charge in [-0.2, -0.15) is 0 Å². The summed E-state index contributed by atoms with van der Waals surface area (Å²) in [5.74, 6) is -0.777. The molecular formula is C23H21FN4O2. The maximum atomic E-state index is 14.0. The van der Waals surface area contributed by atoms with Crippen molar-refractivity contribution >= 4 is 29.0 Å². The van der Waals surface area contributed by atoms with Crippen molar-refractivity contribution in [2.75, 3.05) is 10.6 Å². The number of para-hydroxylation sites is 1. The second-order valence-corrected chi connectivity index (χ2v) is 7.24. The number of aromatic nitrogens is 1. The van der Waals surface area contributed by atoms with E-state index >= 15 is 0 Å². The summed E-state index contributed by atoms with van der Waals surface area (Å²) in [5.41, 5.74) is 2.31. The first-order valence-corrected chi connectivity index (χ1v) is 9.70. The molecule has 7 heteroatoms. The predicted molar refractivity (Wildman–Crippen MR) is 114 cm³/mol. The average molecular weight is 404 g/mol. The van der Waals surface area contributed by atoms with Gasteiger partial charge in [0, 0.05) is 23.5 Å². The SMILES string of the molecule is Cc1ccc(C(=O)NC2CC2)cc1NC(=O)c1cccnc1Nc1ccccc1F. The van der Waals surface area contributed by atoms with Crippen molar-refractivity contribution in [3.8, 4) is 0 Å². The lowest BCUT2D eigenvalue weighted by atomic mass is 10.1. The lowest BCUT2D eigenvalue weighted by Crippen LogP contribution is -2.25. The van der Waals surface area contributed by atoms with Crippen molar-refractivity contribution in [1.29, 1.82) is 0 Å². The molecule has 1 saturated carbocycles. The Hall–Kier alpha value is -3.74. The smallest absolute Gasteiger partial charge is 0.259 e. The lowest BCUT2D eigenvalue weighted by Gasteiger charge is -2.14. The Morgan fingerprint density at radius 3 is 2.57 bits per heavy atom. The third-order valence-corrected chi connectivity index (χ3v) is 4.84. The number of amides is 2. The van der Waals surface area contributed by atoms with Crippen LogP contribution in [0, 0.1) is 12.7 Å². The maximum Gasteiger partial charge on any atom is 0.259 e. The number of nitrogens with one attached hydrogen (secondary N) is 3. The molecule has 0 bridgehead atoms. The first-order chi connectivity index (χ1) is 14.5. The second kappa shape index (κ2) is 8.32. The lowest BCUT2D eigenvalue weighted by molar-refractivity contribution is 0.0949. The van der Waals surface area contributed by atoms with Gasteiger partial charge in [0.15, 0.2) is 0 Å². The van der Waals surface area contributed by atoms with Crippen LogP contribution in [0.25, 0.3) is 0 Å². The van der Waals surface area contributed by atoms with Gasteiger partial charge in [-0.15, -0.1) is 0 Å². The fourth-order valence-electron chi connectivity index (χ4n) is 2.96. The summed E-state index contributed by atoms with van der Waals surface area (Å²) in [6.45, 7) is 1.85. The number of pyridine rings is 1. The summed E-state index contributed by atoms with van der Waals surface area (Å²) in [6, 6.07) is 14.8. The van der Waals surface area contributed by atoms with Crippen molar-refractivity contribution in [3.05, 3.63) is 83.3 Å². The molecular weight excluding hydrogens is 383 g/mol. The molecule has 1 aliphatic rings. The number of carbonyl (C=O) groups is 2. The van der Waals surface area contributed by atoms with Gasteiger partial charge >= 0.3 is 0 Å². The van der Waals surface area contributed by atoms with Crippen LogP contribution in [0.4, 0.5) is 21.6 Å². The van der Waals surface area contributed by atoms with E-state index in [1.54, 1.807) is 48.5 Å². The number of anilines is 3. The van der Waals surface area contributed by atoms with E-state index in [1.165, 1.54) is 12.3 Å². The van der Waals surface area contributed by atoms with Gasteiger partial charge < -0.3 is 16.0 Å². The summed E-state index contributed by atoms with van der Waals surface area (Å²) in [6.07, 6.45) is 3.52. The Morgan fingerprint density at radius 2 is 1.80 bits per heavy atom. The van der Waals surface area contributed by atoms with Crippen LogP contribution in [-0.2, 0) is 0 Å². The van der Waals surface area contributed by atoms with Crippen LogP contribution in [0.1, 0.15) is 39.1 Å². The van der Waals surface area contributed by atoms with E-state index in [-0.39, 0.29) is 29.0 Å². The molecule has 0 aliphatic heterocycles. The van der Waals surface area contributed by atoms with Crippen LogP contribution >= 0.6 is 0 Å². The van der Waals surface area contributed by atoms with Crippen LogP contribution in [0.3, 0.4) is 0 Å². The molecule has 3 N–H and O–H groups in total. The third kappa shape index (κ3) is 4.46. The van der Waals surface area contributed by atoms with Gasteiger partial charge in [-0.3, -0.25) is 9.59 Å². The van der Waals surface area contributed by atoms with Crippen LogP contribution in [-0.4, -0.2) is 22.8 Å². The minimum Gasteiger partial charge on any atom is -0.349 e. The third-order valence-electron chi connectivity index (χ3n) is 4.84. The fourth-order valence-corrected chi connectivity index (χ4v) is 2.96. The molecule has 0 radical (unpaired) electrons. The minimum absolute atomic E-state index is 0.156. The summed E-state index contributed by atoms with van der Waals surface area (Å²) >= 11 is 0. The van der Waals surface area contributed by atoms with E-state index in [0.717, 1.165) is 18.4 Å². The molecule has 2 amide bonds. The van der Waals surface area contributed by atoms with Crippen molar-refractivity contribution in [2.24, 2.45) is 0 Å². The number of hydrogen-bond acceptors (Lipinski definition) is 4. The van der Waals surface area contributed by atoms with E-state index < -0.39 is 11.7 Å². The number of rotatable bonds is 6. The number of aryl methyl sites for hydroxylation is 1. The maximum absolute atomic E-state index is 14.0. The zero-order valence-corrected chi connectivity index (χ0v) is 16.4. The van der Waals surface area contributed by atoms with Gasteiger partial charge in [-0.1, -0.05) is 18.2 Å². The van der Waals surface area contributed by atoms with Crippen molar-refractivity contribution < 1.29 is 14.0 Å². The molecule has 3 aromatic rings. The molecule has 1 heterocycles. The molecule has 1 fully saturated rings. The number of nitrogens with zero attached hydrogens (tertiary/aromatic N) is 1. The van der Waals surface area contributed by atoms with Crippen LogP contribution in [0.15, 0.2) is 60.8 Å². The molecule has 0 atom stereocenters. The van der Waals surface area contributed by atoms with Gasteiger partial charge in [0.25, 0.3) is 11.8 Å². The molecule has 0 unspecified atom stereocenters. The Bertz CT molecular complexity index is 1110. The first kappa shape index (κ1) is 19.6. The Morgan fingerprint density at radius 1 is 1.00 bits per heavy atom. The topological polar surface area (TPSA) is 83.1 Å². The Kier molecular flexibility index (Phi) is 5.43. The zero-order chi connectivity index (χ0) is 21.1. The van der Waals surface area contributed by atoms with Crippen LogP contribution in [0.2, 0.25) is 0 Å². The standard InChI is InChI=1S/C23H21FN4O2/c1-14-8-9-15(22(29)26-16-10-11-16)13-20(14)28-23(30)17-5-4-12-25-21(17)27-19-7-3-2-6-18(19)24/h2-9,12-13,16H,10-11H2,1H3,(H,25,27)(H,26,29)(H,28,30). The zero-order valence-electron chi connectivity index (χ0n) is 16.4. The molecule has 0 spiro atoms. The summed E-state index contributed by atoms with van der Waals surface area (Å²) < 4.78 is 14.0. The minimum atomic E-state index is -0.445. The molecule has 1 aromatic heterocycles. The van der Waals surface area contributed by atoms with Crippen molar-refractivity contribution in [1.82, 2.24) is 10.3 Å². The van der Waals surface area contributed by atoms with Crippen LogP contribution in [0.5, 0.6) is 0 Å². The molecule has 152 valence electrons. The highest BCUT2D eigenvalue weighted by molar-refractivity contribution is 6.08. The summed E-state index contributed by atoms with van der Waals surface area (Å²) in [4.78, 5) is 29.5. The average Bonchev–Trinajstić information content (AvgIpc) is 3.55. The van der Waals surface area contributed by atoms with Crippen molar-refractivity contribution in [3.63, 3.8) is 0 Å². The Balaban J connectivity index is 1.56. The monoisotopic (exact) mass is 404 g/mol. The highest BCUT2D eigenvalue weighted by Crippen LogP contribution is 2.24. The highest BCUT2D eigenvalue weighted by Gasteiger charge is 2.24. The largest absolute Gasteiger partial charge is 0.349 e. The van der Waals surface area contributed by atoms with Gasteiger partial charge in [0.2, 0.25) is 0 Å². The van der Waals surface area contributed by atoms with E-state index in [1.807, 2.05) is 6.92 Å². The Labute approximate surface area is 173 Å². The number of carbonyl (C=O) groups excluding carboxylic acids is 2. The first-order valence-electron chi connectivity index (χ1n) is 9.70. The molecule has 0 saturated heterocycles. The van der Waals surface area contributed by atoms with Gasteiger partial charge in [-0.05, 0) is 61.7 Å². The van der Waals surface area contributed by atoms with Gasteiger partial charge in [-0.25, -0.2) is 9.37 Å². The molecule has 6 nitrogen and oxygen atoms in total.